The first-order valence-corrected chi connectivity index (χ1v) is 7.98. The summed E-state index contributed by atoms with van der Waals surface area (Å²) in [6.07, 6.45) is 0. The molecule has 0 aliphatic heterocycles. The second kappa shape index (κ2) is 8.39. The van der Waals surface area contributed by atoms with Crippen molar-refractivity contribution in [2.75, 3.05) is 19.0 Å². The van der Waals surface area contributed by atoms with Gasteiger partial charge in [-0.2, -0.15) is 0 Å². The lowest BCUT2D eigenvalue weighted by molar-refractivity contribution is 0.342. The largest absolute Gasteiger partial charge is 0.497 e. The Morgan fingerprint density at radius 1 is 1.13 bits per heavy atom. The van der Waals surface area contributed by atoms with Crippen molar-refractivity contribution in [3.05, 3.63) is 54.1 Å². The number of nitrogens with one attached hydrogen (secondary N) is 2. The van der Waals surface area contributed by atoms with E-state index in [1.165, 1.54) is 0 Å². The van der Waals surface area contributed by atoms with Crippen LogP contribution < -0.4 is 20.1 Å². The molecule has 0 aliphatic carbocycles. The van der Waals surface area contributed by atoms with Crippen molar-refractivity contribution in [1.82, 2.24) is 5.32 Å². The number of hydrogen-bond donors (Lipinski definition) is 2. The first-order valence-electron chi connectivity index (χ1n) is 7.57. The molecule has 23 heavy (non-hydrogen) atoms. The van der Waals surface area contributed by atoms with Crippen LogP contribution >= 0.6 is 12.2 Å². The molecule has 2 aromatic rings. The van der Waals surface area contributed by atoms with Crippen LogP contribution in [0.5, 0.6) is 11.5 Å². The molecule has 2 rings (SSSR count). The highest BCUT2D eigenvalue weighted by Crippen LogP contribution is 2.24. The molecule has 2 N–H and O–H groups in total. The zero-order valence-corrected chi connectivity index (χ0v) is 14.4. The molecule has 0 unspecified atom stereocenters. The van der Waals surface area contributed by atoms with Crippen molar-refractivity contribution in [1.29, 1.82) is 0 Å². The summed E-state index contributed by atoms with van der Waals surface area (Å²) < 4.78 is 10.8. The second-order valence-electron chi connectivity index (χ2n) is 5.02. The normalized spacial score (nSPS) is 11.4. The van der Waals surface area contributed by atoms with Gasteiger partial charge >= 0.3 is 0 Å². The van der Waals surface area contributed by atoms with Crippen LogP contribution in [0.2, 0.25) is 0 Å². The molecule has 0 bridgehead atoms. The van der Waals surface area contributed by atoms with Crippen LogP contribution in [0.4, 0.5) is 5.69 Å². The summed E-state index contributed by atoms with van der Waals surface area (Å²) in [5, 5.41) is 7.02. The molecular formula is C18H22N2O2S. The molecule has 4 nitrogen and oxygen atoms in total. The van der Waals surface area contributed by atoms with Crippen molar-refractivity contribution >= 4 is 23.0 Å². The lowest BCUT2D eigenvalue weighted by atomic mass is 10.1. The van der Waals surface area contributed by atoms with Crippen LogP contribution in [0.15, 0.2) is 48.5 Å². The second-order valence-corrected chi connectivity index (χ2v) is 5.43. The molecule has 0 heterocycles. The van der Waals surface area contributed by atoms with Crippen molar-refractivity contribution < 1.29 is 9.47 Å². The molecule has 5 heteroatoms. The molecule has 0 aliphatic rings. The zero-order valence-electron chi connectivity index (χ0n) is 13.6. The van der Waals surface area contributed by atoms with E-state index in [1.807, 2.05) is 55.5 Å². The predicted octanol–water partition coefficient (Wildman–Crippen LogP) is 4.14. The first kappa shape index (κ1) is 17.1. The maximum absolute atomic E-state index is 5.59. The molecule has 0 amide bonds. The fourth-order valence-corrected chi connectivity index (χ4v) is 2.47. The lowest BCUT2D eigenvalue weighted by Gasteiger charge is -2.19. The van der Waals surface area contributed by atoms with Crippen LogP contribution in [0.1, 0.15) is 25.5 Å². The van der Waals surface area contributed by atoms with E-state index in [-0.39, 0.29) is 6.04 Å². The van der Waals surface area contributed by atoms with Crippen molar-refractivity contribution in [2.24, 2.45) is 0 Å². The smallest absolute Gasteiger partial charge is 0.171 e. The minimum Gasteiger partial charge on any atom is -0.497 e. The third kappa shape index (κ3) is 4.86. The minimum atomic E-state index is 0.0835. The van der Waals surface area contributed by atoms with E-state index in [4.69, 9.17) is 21.7 Å². The van der Waals surface area contributed by atoms with Gasteiger partial charge in [0.1, 0.15) is 11.5 Å². The Bertz CT molecular complexity index is 644. The fraction of sp³-hybridized carbons (Fsp3) is 0.278. The van der Waals surface area contributed by atoms with Crippen molar-refractivity contribution in [2.45, 2.75) is 19.9 Å². The molecule has 1 atom stereocenters. The quantitative estimate of drug-likeness (QED) is 0.779. The Labute approximate surface area is 142 Å². The topological polar surface area (TPSA) is 42.5 Å². The third-order valence-corrected chi connectivity index (χ3v) is 3.62. The van der Waals surface area contributed by atoms with Gasteiger partial charge in [-0.1, -0.05) is 24.3 Å². The fourth-order valence-electron chi connectivity index (χ4n) is 2.18. The molecule has 0 fully saturated rings. The Kier molecular flexibility index (Phi) is 6.23. The van der Waals surface area contributed by atoms with E-state index in [2.05, 4.69) is 17.6 Å². The van der Waals surface area contributed by atoms with E-state index in [0.29, 0.717) is 11.7 Å². The maximum atomic E-state index is 5.59. The molecule has 0 radical (unpaired) electrons. The summed E-state index contributed by atoms with van der Waals surface area (Å²) in [5.74, 6) is 1.63. The first-order chi connectivity index (χ1) is 11.1. The van der Waals surface area contributed by atoms with Gasteiger partial charge in [-0.3, -0.25) is 0 Å². The van der Waals surface area contributed by atoms with Crippen LogP contribution in [0.25, 0.3) is 0 Å². The molecule has 2 aromatic carbocycles. The van der Waals surface area contributed by atoms with Crippen LogP contribution in [0, 0.1) is 0 Å². The highest BCUT2D eigenvalue weighted by Gasteiger charge is 2.09. The Morgan fingerprint density at radius 2 is 1.83 bits per heavy atom. The Hall–Kier alpha value is -2.27. The molecule has 0 spiro atoms. The molecule has 0 saturated heterocycles. The predicted molar refractivity (Wildman–Crippen MR) is 98.4 cm³/mol. The van der Waals surface area contributed by atoms with Gasteiger partial charge in [-0.15, -0.1) is 0 Å². The zero-order chi connectivity index (χ0) is 16.7. The van der Waals surface area contributed by atoms with Gasteiger partial charge in [0.05, 0.1) is 25.4 Å². The Balaban J connectivity index is 1.98. The summed E-state index contributed by atoms with van der Waals surface area (Å²) >= 11 is 5.40. The van der Waals surface area contributed by atoms with Gasteiger partial charge in [-0.05, 0) is 55.9 Å². The van der Waals surface area contributed by atoms with E-state index < -0.39 is 0 Å². The van der Waals surface area contributed by atoms with Gasteiger partial charge in [-0.25, -0.2) is 0 Å². The van der Waals surface area contributed by atoms with Gasteiger partial charge < -0.3 is 20.1 Å². The van der Waals surface area contributed by atoms with Crippen LogP contribution in [-0.4, -0.2) is 18.8 Å². The number of hydrogen-bond acceptors (Lipinski definition) is 3. The molecular weight excluding hydrogens is 308 g/mol. The summed E-state index contributed by atoms with van der Waals surface area (Å²) in [4.78, 5) is 0. The lowest BCUT2D eigenvalue weighted by Crippen LogP contribution is -2.31. The number of ether oxygens (including phenoxy) is 2. The monoisotopic (exact) mass is 330 g/mol. The average molecular weight is 330 g/mol. The Morgan fingerprint density at radius 3 is 2.48 bits per heavy atom. The van der Waals surface area contributed by atoms with Crippen molar-refractivity contribution in [3.63, 3.8) is 0 Å². The van der Waals surface area contributed by atoms with Gasteiger partial charge in [0.25, 0.3) is 0 Å². The third-order valence-electron chi connectivity index (χ3n) is 3.40. The number of thiocarbonyl (C=S) groups is 1. The van der Waals surface area contributed by atoms with E-state index in [9.17, 15) is 0 Å². The van der Waals surface area contributed by atoms with E-state index in [0.717, 1.165) is 22.7 Å². The minimum absolute atomic E-state index is 0.0835. The highest BCUT2D eigenvalue weighted by molar-refractivity contribution is 7.80. The summed E-state index contributed by atoms with van der Waals surface area (Å²) in [7, 11) is 1.66. The van der Waals surface area contributed by atoms with Gasteiger partial charge in [0, 0.05) is 0 Å². The number of para-hydroxylation sites is 2. The van der Waals surface area contributed by atoms with Gasteiger partial charge in [0.15, 0.2) is 5.11 Å². The molecule has 0 saturated carbocycles. The number of anilines is 1. The van der Waals surface area contributed by atoms with E-state index in [1.54, 1.807) is 7.11 Å². The number of rotatable bonds is 6. The van der Waals surface area contributed by atoms with E-state index >= 15 is 0 Å². The average Bonchev–Trinajstić information content (AvgIpc) is 2.57. The summed E-state index contributed by atoms with van der Waals surface area (Å²) in [5.41, 5.74) is 1.99. The number of methoxy groups -OCH3 is 1. The van der Waals surface area contributed by atoms with Crippen molar-refractivity contribution in [3.8, 4) is 11.5 Å². The van der Waals surface area contributed by atoms with Crippen LogP contribution in [0.3, 0.4) is 0 Å². The van der Waals surface area contributed by atoms with Gasteiger partial charge in [0.2, 0.25) is 0 Å². The standard InChI is InChI=1S/C18H22N2O2S/c1-4-22-17-8-6-5-7-16(17)20-18(23)19-13(2)14-9-11-15(21-3)12-10-14/h5-13H,4H2,1-3H3,(H2,19,20,23)/t13-/m0/s1. The van der Waals surface area contributed by atoms with Crippen LogP contribution in [-0.2, 0) is 0 Å². The maximum Gasteiger partial charge on any atom is 0.171 e. The summed E-state index contributed by atoms with van der Waals surface area (Å²) in [6, 6.07) is 15.7. The SMILES string of the molecule is CCOc1ccccc1NC(=S)N[C@@H](C)c1ccc(OC)cc1. The molecule has 122 valence electrons. The summed E-state index contributed by atoms with van der Waals surface area (Å²) in [6.45, 7) is 4.63. The number of benzene rings is 2. The highest BCUT2D eigenvalue weighted by atomic mass is 32.1. The molecule has 0 aromatic heterocycles.